The summed E-state index contributed by atoms with van der Waals surface area (Å²) in [4.78, 5) is 34.8. The molecule has 4 aliphatic heterocycles. The van der Waals surface area contributed by atoms with Crippen molar-refractivity contribution in [2.75, 3.05) is 19.8 Å². The van der Waals surface area contributed by atoms with Crippen LogP contribution in [0.15, 0.2) is 58.4 Å². The van der Waals surface area contributed by atoms with E-state index in [0.717, 1.165) is 68.6 Å². The van der Waals surface area contributed by atoms with E-state index in [1.807, 2.05) is 20.0 Å². The fourth-order valence-corrected chi connectivity index (χ4v) is 16.1. The Hall–Kier alpha value is -2.75. The van der Waals surface area contributed by atoms with Gasteiger partial charge in [0, 0.05) is 55.1 Å². The van der Waals surface area contributed by atoms with Gasteiger partial charge in [0.1, 0.15) is 23.8 Å². The molecule has 0 amide bonds. The molecule has 5 aliphatic carbocycles. The van der Waals surface area contributed by atoms with Crippen molar-refractivity contribution in [3.8, 4) is 0 Å². The fourth-order valence-electron chi connectivity index (χ4n) is 16.1. The standard InChI is InChI=1S/C54H74N2O6/c1-31(23-40(57)49-51(4,5)62-49)44-41(58)28-54(8)45(44)38(47(60)48-52(6)18-14-43(59)50(2,3)42(52)13-19-53(48,54)7)30-56-29-37(46-39(56)15-20-55-46)26-32-24-35(33-11-9-10-12-33)27-36(25-32)34-16-21-61-22-17-34/h15,20,24-25,27,29,31,33-34,38-40,42,47-49,57,60H,9-14,16-19,21-23,26,28,30H2,1-8H3/p+1/t31-,38-,39?,40-,42+,47-,48+,49+,52+,53+,54+/m1/s1. The monoisotopic (exact) mass is 848 g/mol. The molecule has 4 heterocycles. The van der Waals surface area contributed by atoms with Crippen molar-refractivity contribution in [3.63, 3.8) is 0 Å². The number of ketones is 2. The molecule has 9 aliphatic rings. The van der Waals surface area contributed by atoms with Gasteiger partial charge < -0.3 is 19.7 Å². The summed E-state index contributed by atoms with van der Waals surface area (Å²) < 4.78 is 11.7. The molecule has 8 nitrogen and oxygen atoms in total. The van der Waals surface area contributed by atoms with Gasteiger partial charge in [-0.15, -0.1) is 0 Å². The number of ether oxygens (including phenoxy) is 2. The van der Waals surface area contributed by atoms with Crippen molar-refractivity contribution in [2.45, 2.75) is 181 Å². The van der Waals surface area contributed by atoms with Gasteiger partial charge in [0.2, 0.25) is 0 Å². The lowest BCUT2D eigenvalue weighted by molar-refractivity contribution is -0.856. The van der Waals surface area contributed by atoms with E-state index in [2.05, 4.69) is 72.0 Å². The molecule has 6 fully saturated rings. The van der Waals surface area contributed by atoms with Gasteiger partial charge in [-0.1, -0.05) is 72.6 Å². The van der Waals surface area contributed by atoms with Crippen LogP contribution >= 0.6 is 0 Å². The zero-order valence-electron chi connectivity index (χ0n) is 39.0. The fraction of sp³-hybridized carbons (Fsp3) is 0.722. The minimum Gasteiger partial charge on any atom is -0.392 e. The third-order valence-electron chi connectivity index (χ3n) is 19.5. The van der Waals surface area contributed by atoms with Crippen molar-refractivity contribution in [3.05, 3.63) is 70.1 Å². The molecule has 0 bridgehead atoms. The van der Waals surface area contributed by atoms with Crippen molar-refractivity contribution < 1.29 is 34.2 Å². The quantitative estimate of drug-likeness (QED) is 0.205. The number of allylic oxidation sites excluding steroid dienone is 1. The number of fused-ring (bicyclic) bond motifs is 6. The Morgan fingerprint density at radius 3 is 2.27 bits per heavy atom. The number of aliphatic hydroxyl groups excluding tert-OH is 2. The first-order valence-electron chi connectivity index (χ1n) is 24.7. The predicted octanol–water partition coefficient (Wildman–Crippen LogP) is 8.16. The van der Waals surface area contributed by atoms with Gasteiger partial charge in [-0.2, -0.15) is 0 Å². The van der Waals surface area contributed by atoms with Gasteiger partial charge in [0.05, 0.1) is 30.3 Å². The van der Waals surface area contributed by atoms with Crippen LogP contribution < -0.4 is 4.90 Å². The van der Waals surface area contributed by atoms with Crippen molar-refractivity contribution in [1.29, 1.82) is 0 Å². The molecule has 8 heteroatoms. The van der Waals surface area contributed by atoms with Crippen LogP contribution in [0.2, 0.25) is 0 Å². The molecule has 3 N–H and O–H groups in total. The number of aliphatic imine (C=N–C) groups is 1. The Balaban J connectivity index is 1.04. The Bertz CT molecular complexity index is 2140. The normalized spacial score (nSPS) is 40.8. The molecule has 1 aromatic carbocycles. The number of carbonyl (C=O) groups is 2. The first kappa shape index (κ1) is 43.2. The average Bonchev–Trinajstić information content (AvgIpc) is 3.80. The molecule has 0 spiro atoms. The Kier molecular flexibility index (Phi) is 10.5. The summed E-state index contributed by atoms with van der Waals surface area (Å²) in [6.45, 7) is 19.9. The van der Waals surface area contributed by atoms with Gasteiger partial charge in [-0.25, -0.2) is 0 Å². The molecule has 10 rings (SSSR count). The minimum atomic E-state index is -0.690. The van der Waals surface area contributed by atoms with E-state index in [9.17, 15) is 19.8 Å². The maximum Gasteiger partial charge on any atom is 0.160 e. The Morgan fingerprint density at radius 2 is 1.60 bits per heavy atom. The number of benzene rings is 1. The molecule has 0 radical (unpaired) electrons. The van der Waals surface area contributed by atoms with E-state index < -0.39 is 23.0 Å². The van der Waals surface area contributed by atoms with Gasteiger partial charge in [0.25, 0.3) is 0 Å². The third-order valence-corrected chi connectivity index (χ3v) is 19.5. The molecule has 12 atom stereocenters. The molecular formula is C54H75N2O6+. The first-order valence-corrected chi connectivity index (χ1v) is 24.7. The van der Waals surface area contributed by atoms with Crippen LogP contribution in [0.4, 0.5) is 0 Å². The van der Waals surface area contributed by atoms with E-state index in [1.165, 1.54) is 52.8 Å². The van der Waals surface area contributed by atoms with Crippen molar-refractivity contribution >= 4 is 17.3 Å². The Morgan fingerprint density at radius 1 is 0.919 bits per heavy atom. The van der Waals surface area contributed by atoms with Crippen molar-refractivity contribution in [2.24, 2.45) is 50.3 Å². The predicted molar refractivity (Wildman–Crippen MR) is 242 cm³/mol. The van der Waals surface area contributed by atoms with Gasteiger partial charge in [0.15, 0.2) is 11.8 Å². The van der Waals surface area contributed by atoms with Crippen LogP contribution in [0.5, 0.6) is 0 Å². The van der Waals surface area contributed by atoms with E-state index in [4.69, 9.17) is 14.5 Å². The van der Waals surface area contributed by atoms with Gasteiger partial charge in [-0.3, -0.25) is 19.5 Å². The lowest BCUT2D eigenvalue weighted by Gasteiger charge is -2.69. The van der Waals surface area contributed by atoms with E-state index in [1.54, 1.807) is 0 Å². The zero-order chi connectivity index (χ0) is 43.7. The summed E-state index contributed by atoms with van der Waals surface area (Å²) in [5.74, 6) is 1.34. The van der Waals surface area contributed by atoms with Crippen LogP contribution in [0, 0.1) is 45.3 Å². The highest BCUT2D eigenvalue weighted by molar-refractivity contribution is 6.07. The summed E-state index contributed by atoms with van der Waals surface area (Å²) in [6, 6.07) is 7.55. The average molecular weight is 848 g/mol. The summed E-state index contributed by atoms with van der Waals surface area (Å²) >= 11 is 0. The smallest absolute Gasteiger partial charge is 0.160 e. The highest BCUT2D eigenvalue weighted by Gasteiger charge is 2.72. The molecule has 2 saturated heterocycles. The van der Waals surface area contributed by atoms with Crippen LogP contribution in [-0.2, 0) is 25.5 Å². The second-order valence-electron chi connectivity index (χ2n) is 23.7. The maximum absolute atomic E-state index is 14.8. The Labute approximate surface area is 371 Å². The van der Waals surface area contributed by atoms with Crippen LogP contribution in [-0.4, -0.2) is 77.2 Å². The molecular weight excluding hydrogens is 773 g/mol. The lowest BCUT2D eigenvalue weighted by atomic mass is 9.34. The molecule has 1 aromatic rings. The lowest BCUT2D eigenvalue weighted by Crippen LogP contribution is -3.11. The number of epoxide rings is 1. The summed E-state index contributed by atoms with van der Waals surface area (Å²) in [5.41, 5.74) is 6.87. The number of hydrogen-bond acceptors (Lipinski definition) is 7. The molecule has 2 unspecified atom stereocenters. The van der Waals surface area contributed by atoms with E-state index >= 15 is 0 Å². The van der Waals surface area contributed by atoms with Crippen molar-refractivity contribution in [1.82, 2.24) is 0 Å². The number of carbonyl (C=O) groups excluding carboxylic acids is 2. The highest BCUT2D eigenvalue weighted by atomic mass is 16.6. The topological polar surface area (TPSA) is 113 Å². The number of aliphatic hydroxyl groups is 2. The number of Topliss-reactive ketones (excluding diaryl/α,β-unsaturated/α-hetero) is 2. The van der Waals surface area contributed by atoms with Crippen LogP contribution in [0.1, 0.15) is 161 Å². The second kappa shape index (κ2) is 15.2. The maximum atomic E-state index is 14.8. The van der Waals surface area contributed by atoms with Crippen LogP contribution in [0.3, 0.4) is 0 Å². The van der Waals surface area contributed by atoms with E-state index in [-0.39, 0.29) is 58.0 Å². The number of rotatable bonds is 10. The van der Waals surface area contributed by atoms with Gasteiger partial charge >= 0.3 is 0 Å². The summed E-state index contributed by atoms with van der Waals surface area (Å²) in [5, 5.41) is 24.9. The molecule has 336 valence electrons. The molecule has 0 aromatic heterocycles. The largest absolute Gasteiger partial charge is 0.392 e. The number of nitrogens with one attached hydrogen (secondary N) is 1. The van der Waals surface area contributed by atoms with Crippen LogP contribution in [0.25, 0.3) is 0 Å². The SMILES string of the molecule is C[C@H](C[C@@H](O)[C@@H]1OC1(C)C)C1=C2[C@@H](C[NH+]3C=C(Cc4cc(C5CCCC5)cc(C5CCOCC5)c4)C4=NC=CC43)[C@@H](O)[C@H]3[C@@]4(C)CCC(=O)C(C)(C)[C@@H]4CC[C@]3(C)[C@@]2(C)CC1=O. The second-order valence-corrected chi connectivity index (χ2v) is 23.7. The molecule has 4 saturated carbocycles. The number of hydrogen-bond donors (Lipinski definition) is 3. The summed E-state index contributed by atoms with van der Waals surface area (Å²) in [6.07, 6.45) is 17.2. The third kappa shape index (κ3) is 6.63. The number of nitrogens with zero attached hydrogens (tertiary/aromatic N) is 1. The molecule has 62 heavy (non-hydrogen) atoms. The first-order chi connectivity index (χ1) is 29.4. The minimum absolute atomic E-state index is 0.0559. The number of quaternary nitrogens is 1. The summed E-state index contributed by atoms with van der Waals surface area (Å²) in [7, 11) is 0. The van der Waals surface area contributed by atoms with Gasteiger partial charge in [-0.05, 0) is 140 Å². The van der Waals surface area contributed by atoms with E-state index in [0.29, 0.717) is 43.4 Å². The highest BCUT2D eigenvalue weighted by Crippen LogP contribution is 2.74. The zero-order valence-corrected chi connectivity index (χ0v) is 39.0.